The lowest BCUT2D eigenvalue weighted by atomic mass is 9.98. The molecule has 1 aliphatic rings. The fraction of sp³-hybridized carbons (Fsp3) is 0.765. The molecule has 1 saturated heterocycles. The average molecular weight is 339 g/mol. The number of hydrogen-bond donors (Lipinski definition) is 0. The molecule has 0 N–H and O–H groups in total. The predicted molar refractivity (Wildman–Crippen MR) is 95.8 cm³/mol. The number of thiazole rings is 1. The summed E-state index contributed by atoms with van der Waals surface area (Å²) in [5.74, 6) is 0.188. The van der Waals surface area contributed by atoms with Crippen LogP contribution in [0.2, 0.25) is 0 Å². The average Bonchev–Trinajstić information content (AvgIpc) is 2.82. The number of nitrogens with zero attached hydrogens (tertiary/aromatic N) is 4. The zero-order valence-electron chi connectivity index (χ0n) is 15.1. The highest BCUT2D eigenvalue weighted by Crippen LogP contribution is 2.26. The zero-order valence-corrected chi connectivity index (χ0v) is 15.9. The van der Waals surface area contributed by atoms with Crippen molar-refractivity contribution in [1.29, 1.82) is 0 Å². The van der Waals surface area contributed by atoms with Crippen LogP contribution in [0.15, 0.2) is 5.38 Å². The van der Waals surface area contributed by atoms with Crippen LogP contribution in [0.4, 0.5) is 0 Å². The lowest BCUT2D eigenvalue weighted by Crippen LogP contribution is -2.38. The summed E-state index contributed by atoms with van der Waals surface area (Å²) < 4.78 is 0. The van der Waals surface area contributed by atoms with E-state index in [2.05, 4.69) is 36.0 Å². The molecule has 2 rings (SSSR count). The van der Waals surface area contributed by atoms with Crippen LogP contribution < -0.4 is 0 Å². The first-order valence-electron chi connectivity index (χ1n) is 8.35. The second kappa shape index (κ2) is 7.73. The second-order valence-electron chi connectivity index (χ2n) is 7.59. The minimum absolute atomic E-state index is 0.130. The van der Waals surface area contributed by atoms with E-state index in [0.29, 0.717) is 6.54 Å². The Balaban J connectivity index is 1.86. The van der Waals surface area contributed by atoms with Crippen molar-refractivity contribution in [2.75, 3.05) is 46.8 Å². The largest absolute Gasteiger partial charge is 0.348 e. The van der Waals surface area contributed by atoms with Gasteiger partial charge in [0.05, 0.1) is 17.2 Å². The molecule has 2 heterocycles. The maximum absolute atomic E-state index is 11.9. The highest BCUT2D eigenvalue weighted by molar-refractivity contribution is 7.09. The van der Waals surface area contributed by atoms with Crippen molar-refractivity contribution in [1.82, 2.24) is 19.7 Å². The number of aromatic nitrogens is 1. The first kappa shape index (κ1) is 18.4. The monoisotopic (exact) mass is 338 g/mol. The van der Waals surface area contributed by atoms with Crippen LogP contribution in [0.25, 0.3) is 0 Å². The van der Waals surface area contributed by atoms with Crippen molar-refractivity contribution in [2.24, 2.45) is 0 Å². The maximum atomic E-state index is 11.9. The smallest absolute Gasteiger partial charge is 0.236 e. The molecule has 0 bridgehead atoms. The van der Waals surface area contributed by atoms with Gasteiger partial charge in [-0.15, -0.1) is 11.3 Å². The molecule has 130 valence electrons. The third kappa shape index (κ3) is 5.55. The fourth-order valence-corrected chi connectivity index (χ4v) is 3.52. The molecule has 0 aromatic carbocycles. The Morgan fingerprint density at radius 1 is 1.22 bits per heavy atom. The molecule has 1 aromatic rings. The van der Waals surface area contributed by atoms with E-state index >= 15 is 0 Å². The minimum Gasteiger partial charge on any atom is -0.348 e. The first-order chi connectivity index (χ1) is 10.8. The second-order valence-corrected chi connectivity index (χ2v) is 8.45. The summed E-state index contributed by atoms with van der Waals surface area (Å²) in [6.07, 6.45) is 1.11. The predicted octanol–water partition coefficient (Wildman–Crippen LogP) is 2.04. The van der Waals surface area contributed by atoms with Crippen LogP contribution in [0, 0.1) is 0 Å². The summed E-state index contributed by atoms with van der Waals surface area (Å²) >= 11 is 1.76. The van der Waals surface area contributed by atoms with Crippen LogP contribution in [-0.4, -0.2) is 72.4 Å². The van der Waals surface area contributed by atoms with E-state index in [9.17, 15) is 4.79 Å². The Bertz CT molecular complexity index is 521. The Labute approximate surface area is 144 Å². The van der Waals surface area contributed by atoms with Crippen molar-refractivity contribution < 1.29 is 4.79 Å². The molecule has 0 aliphatic carbocycles. The summed E-state index contributed by atoms with van der Waals surface area (Å²) in [5.41, 5.74) is 1.31. The molecular formula is C17H30N4OS. The highest BCUT2D eigenvalue weighted by atomic mass is 32.1. The molecule has 6 heteroatoms. The van der Waals surface area contributed by atoms with Gasteiger partial charge in [0, 0.05) is 44.5 Å². The van der Waals surface area contributed by atoms with Gasteiger partial charge in [-0.25, -0.2) is 4.98 Å². The Kier molecular flexibility index (Phi) is 6.17. The number of hydrogen-bond acceptors (Lipinski definition) is 5. The number of rotatable bonds is 4. The molecule has 0 atom stereocenters. The summed E-state index contributed by atoms with van der Waals surface area (Å²) in [7, 11) is 3.64. The van der Waals surface area contributed by atoms with Gasteiger partial charge in [0.1, 0.15) is 0 Å². The molecule has 1 aliphatic heterocycles. The van der Waals surface area contributed by atoms with E-state index in [1.54, 1.807) is 16.2 Å². The van der Waals surface area contributed by atoms with Crippen LogP contribution >= 0.6 is 11.3 Å². The molecule has 1 aromatic heterocycles. The van der Waals surface area contributed by atoms with Crippen molar-refractivity contribution in [3.8, 4) is 0 Å². The van der Waals surface area contributed by atoms with Gasteiger partial charge in [-0.3, -0.25) is 14.6 Å². The Hall–Kier alpha value is -0.980. The molecule has 1 fully saturated rings. The molecule has 0 saturated carbocycles. The van der Waals surface area contributed by atoms with Crippen LogP contribution in [-0.2, 0) is 16.8 Å². The van der Waals surface area contributed by atoms with Crippen molar-refractivity contribution in [3.63, 3.8) is 0 Å². The molecule has 0 radical (unpaired) electrons. The standard InChI is InChI=1S/C17H30N4OS/c1-17(2,3)16-18-14(13-23-16)11-20-7-6-8-21(10-9-20)12-15(22)19(4)5/h13H,6-12H2,1-5H3. The van der Waals surface area contributed by atoms with E-state index in [-0.39, 0.29) is 11.3 Å². The fourth-order valence-electron chi connectivity index (χ4n) is 2.63. The van der Waals surface area contributed by atoms with Gasteiger partial charge >= 0.3 is 0 Å². The van der Waals surface area contributed by atoms with E-state index in [1.807, 2.05) is 14.1 Å². The third-order valence-corrected chi connectivity index (χ3v) is 5.43. The van der Waals surface area contributed by atoms with Crippen LogP contribution in [0.5, 0.6) is 0 Å². The van der Waals surface area contributed by atoms with Gasteiger partial charge in [-0.05, 0) is 19.5 Å². The van der Waals surface area contributed by atoms with E-state index in [1.165, 1.54) is 10.7 Å². The third-order valence-electron chi connectivity index (χ3n) is 4.12. The number of amides is 1. The first-order valence-corrected chi connectivity index (χ1v) is 9.23. The molecule has 5 nitrogen and oxygen atoms in total. The Morgan fingerprint density at radius 3 is 2.48 bits per heavy atom. The Morgan fingerprint density at radius 2 is 1.87 bits per heavy atom. The molecule has 0 unspecified atom stereocenters. The summed E-state index contributed by atoms with van der Waals surface area (Å²) in [6, 6.07) is 0. The summed E-state index contributed by atoms with van der Waals surface area (Å²) in [5, 5.41) is 3.40. The lowest BCUT2D eigenvalue weighted by Gasteiger charge is -2.22. The highest BCUT2D eigenvalue weighted by Gasteiger charge is 2.21. The van der Waals surface area contributed by atoms with Gasteiger partial charge in [-0.2, -0.15) is 0 Å². The van der Waals surface area contributed by atoms with E-state index in [0.717, 1.165) is 39.1 Å². The van der Waals surface area contributed by atoms with Gasteiger partial charge in [-0.1, -0.05) is 20.8 Å². The number of carbonyl (C=O) groups is 1. The molecule has 23 heavy (non-hydrogen) atoms. The SMILES string of the molecule is CN(C)C(=O)CN1CCCN(Cc2csc(C(C)(C)C)n2)CC1. The zero-order chi connectivity index (χ0) is 17.0. The van der Waals surface area contributed by atoms with Gasteiger partial charge < -0.3 is 4.90 Å². The van der Waals surface area contributed by atoms with E-state index < -0.39 is 0 Å². The van der Waals surface area contributed by atoms with Gasteiger partial charge in [0.2, 0.25) is 5.91 Å². The quantitative estimate of drug-likeness (QED) is 0.842. The summed E-state index contributed by atoms with van der Waals surface area (Å²) in [4.78, 5) is 23.1. The molecule has 0 spiro atoms. The maximum Gasteiger partial charge on any atom is 0.236 e. The minimum atomic E-state index is 0.130. The van der Waals surface area contributed by atoms with Crippen molar-refractivity contribution in [3.05, 3.63) is 16.1 Å². The lowest BCUT2D eigenvalue weighted by molar-refractivity contribution is -0.129. The molecular weight excluding hydrogens is 308 g/mol. The normalized spacial score (nSPS) is 18.0. The topological polar surface area (TPSA) is 39.7 Å². The van der Waals surface area contributed by atoms with E-state index in [4.69, 9.17) is 4.98 Å². The summed E-state index contributed by atoms with van der Waals surface area (Å²) in [6.45, 7) is 12.1. The van der Waals surface area contributed by atoms with Crippen molar-refractivity contribution in [2.45, 2.75) is 39.2 Å². The molecule has 1 amide bonds. The van der Waals surface area contributed by atoms with Crippen LogP contribution in [0.1, 0.15) is 37.9 Å². The van der Waals surface area contributed by atoms with Gasteiger partial charge in [0.15, 0.2) is 0 Å². The number of carbonyl (C=O) groups excluding carboxylic acids is 1. The van der Waals surface area contributed by atoms with Crippen molar-refractivity contribution >= 4 is 17.2 Å². The van der Waals surface area contributed by atoms with Gasteiger partial charge in [0.25, 0.3) is 0 Å². The number of likely N-dealkylation sites (N-methyl/N-ethyl adjacent to an activating group) is 1. The van der Waals surface area contributed by atoms with Crippen LogP contribution in [0.3, 0.4) is 0 Å².